The first kappa shape index (κ1) is 31.9. The Kier molecular flexibility index (Phi) is 7.46. The molecule has 0 saturated carbocycles. The van der Waals surface area contributed by atoms with E-state index in [-0.39, 0.29) is 0 Å². The highest BCUT2D eigenvalue weighted by molar-refractivity contribution is 6.12. The lowest BCUT2D eigenvalue weighted by Gasteiger charge is -2.13. The van der Waals surface area contributed by atoms with Crippen molar-refractivity contribution in [3.8, 4) is 56.4 Å². The van der Waals surface area contributed by atoms with E-state index in [0.717, 1.165) is 61.1 Å². The van der Waals surface area contributed by atoms with Gasteiger partial charge in [0.05, 0.1) is 33.5 Å². The number of fused-ring (bicyclic) bond motifs is 6. The van der Waals surface area contributed by atoms with Crippen molar-refractivity contribution in [1.82, 2.24) is 19.1 Å². The predicted octanol–water partition coefficient (Wildman–Crippen LogP) is 13.3. The third-order valence-corrected chi connectivity index (χ3v) is 11.0. The fraction of sp³-hybridized carbons (Fsp3) is 0. The van der Waals surface area contributed by atoms with Gasteiger partial charge in [0.25, 0.3) is 0 Å². The minimum atomic E-state index is 0.634. The average Bonchev–Trinajstić information content (AvgIpc) is 3.80. The zero-order chi connectivity index (χ0) is 37.0. The third kappa shape index (κ3) is 5.31. The number of hydrogen-bond donors (Lipinski definition) is 0. The number of rotatable bonds is 6. The van der Waals surface area contributed by atoms with Crippen LogP contribution in [-0.4, -0.2) is 19.1 Å². The Labute approximate surface area is 324 Å². The summed E-state index contributed by atoms with van der Waals surface area (Å²) in [6.07, 6.45) is 0. The summed E-state index contributed by atoms with van der Waals surface area (Å²) in [5.41, 5.74) is 14.1. The molecule has 11 rings (SSSR count). The van der Waals surface area contributed by atoms with Crippen molar-refractivity contribution < 1.29 is 0 Å². The topological polar surface area (TPSA) is 35.6 Å². The maximum absolute atomic E-state index is 5.36. The van der Waals surface area contributed by atoms with Crippen LogP contribution < -0.4 is 0 Å². The van der Waals surface area contributed by atoms with Crippen LogP contribution in [0.3, 0.4) is 0 Å². The highest BCUT2D eigenvalue weighted by Gasteiger charge is 2.19. The maximum atomic E-state index is 5.36. The Bertz CT molecular complexity index is 3180. The molecule has 4 nitrogen and oxygen atoms in total. The normalized spacial score (nSPS) is 11.6. The van der Waals surface area contributed by atoms with Gasteiger partial charge in [0.2, 0.25) is 5.95 Å². The lowest BCUT2D eigenvalue weighted by molar-refractivity contribution is 0.995. The summed E-state index contributed by atoms with van der Waals surface area (Å²) in [4.78, 5) is 10.7. The molecule has 11 aromatic rings. The molecule has 0 fully saturated rings. The van der Waals surface area contributed by atoms with E-state index in [4.69, 9.17) is 9.97 Å². The zero-order valence-electron chi connectivity index (χ0n) is 30.4. The van der Waals surface area contributed by atoms with Gasteiger partial charge < -0.3 is 4.57 Å². The fourth-order valence-electron chi connectivity index (χ4n) is 8.30. The minimum Gasteiger partial charge on any atom is -0.309 e. The molecule has 0 amide bonds. The lowest BCUT2D eigenvalue weighted by atomic mass is 9.98. The predicted molar refractivity (Wildman–Crippen MR) is 232 cm³/mol. The second-order valence-corrected chi connectivity index (χ2v) is 14.3. The molecule has 0 aliphatic rings. The maximum Gasteiger partial charge on any atom is 0.235 e. The first-order chi connectivity index (χ1) is 27.8. The van der Waals surface area contributed by atoms with E-state index in [2.05, 4.69) is 209 Å². The third-order valence-electron chi connectivity index (χ3n) is 11.0. The SMILES string of the molecule is c1ccc(-c2ccc(-c3cccc(-c4cc(-c5ccccc5)nc(-n5c6ccccc6c6cc(-n7c8ccccc8c8ccccc87)ccc65)n4)c3)cc2)cc1. The van der Waals surface area contributed by atoms with E-state index in [1.54, 1.807) is 0 Å². The van der Waals surface area contributed by atoms with Crippen LogP contribution in [-0.2, 0) is 0 Å². The summed E-state index contributed by atoms with van der Waals surface area (Å²) in [5, 5.41) is 4.80. The largest absolute Gasteiger partial charge is 0.309 e. The molecule has 0 bridgehead atoms. The molecule has 0 N–H and O–H groups in total. The fourth-order valence-corrected chi connectivity index (χ4v) is 8.30. The van der Waals surface area contributed by atoms with Gasteiger partial charge in [-0.25, -0.2) is 9.97 Å². The molecule has 0 radical (unpaired) electrons. The van der Waals surface area contributed by atoms with Crippen LogP contribution in [0, 0.1) is 0 Å². The Balaban J connectivity index is 1.08. The summed E-state index contributed by atoms with van der Waals surface area (Å²) >= 11 is 0. The van der Waals surface area contributed by atoms with Gasteiger partial charge in [-0.1, -0.05) is 158 Å². The average molecular weight is 715 g/mol. The second-order valence-electron chi connectivity index (χ2n) is 14.3. The summed E-state index contributed by atoms with van der Waals surface area (Å²) < 4.78 is 4.60. The van der Waals surface area contributed by atoms with Crippen LogP contribution in [0.2, 0.25) is 0 Å². The van der Waals surface area contributed by atoms with Crippen molar-refractivity contribution in [2.24, 2.45) is 0 Å². The highest BCUT2D eigenvalue weighted by atomic mass is 15.2. The molecule has 0 aliphatic heterocycles. The number of para-hydroxylation sites is 3. The van der Waals surface area contributed by atoms with Gasteiger partial charge in [0, 0.05) is 38.4 Å². The van der Waals surface area contributed by atoms with Gasteiger partial charge >= 0.3 is 0 Å². The van der Waals surface area contributed by atoms with Crippen LogP contribution in [0.5, 0.6) is 0 Å². The van der Waals surface area contributed by atoms with Gasteiger partial charge in [0.15, 0.2) is 0 Å². The lowest BCUT2D eigenvalue weighted by Crippen LogP contribution is -2.04. The molecular weight excluding hydrogens is 681 g/mol. The summed E-state index contributed by atoms with van der Waals surface area (Å²) in [6.45, 7) is 0. The molecule has 8 aromatic carbocycles. The molecular formula is C52H34N4. The molecule has 0 spiro atoms. The van der Waals surface area contributed by atoms with Crippen molar-refractivity contribution in [2.75, 3.05) is 0 Å². The van der Waals surface area contributed by atoms with Crippen LogP contribution in [0.15, 0.2) is 206 Å². The summed E-state index contributed by atoms with van der Waals surface area (Å²) in [7, 11) is 0. The van der Waals surface area contributed by atoms with Gasteiger partial charge in [-0.2, -0.15) is 0 Å². The van der Waals surface area contributed by atoms with Crippen LogP contribution in [0.25, 0.3) is 100 Å². The highest BCUT2D eigenvalue weighted by Crippen LogP contribution is 2.38. The molecule has 3 heterocycles. The van der Waals surface area contributed by atoms with Crippen molar-refractivity contribution in [3.05, 3.63) is 206 Å². The standard InChI is InChI=1S/C52H34N4/c1-3-14-35(15-4-1)36-26-28-37(29-27-36)39-18-13-19-40(32-39)47-34-46(38-16-5-2-6-17-38)53-52(54-47)56-50-25-12-9-22-44(50)45-33-41(30-31-51(45)56)55-48-23-10-7-20-42(48)43-21-8-11-24-49(43)55/h1-34H. The van der Waals surface area contributed by atoms with E-state index in [1.807, 2.05) is 6.07 Å². The Morgan fingerprint density at radius 2 is 0.714 bits per heavy atom. The molecule has 0 aliphatic carbocycles. The first-order valence-electron chi connectivity index (χ1n) is 19.0. The molecule has 0 atom stereocenters. The van der Waals surface area contributed by atoms with Gasteiger partial charge in [-0.3, -0.25) is 4.57 Å². The molecule has 4 heteroatoms. The van der Waals surface area contributed by atoms with E-state index >= 15 is 0 Å². The van der Waals surface area contributed by atoms with Crippen molar-refractivity contribution in [1.29, 1.82) is 0 Å². The summed E-state index contributed by atoms with van der Waals surface area (Å²) in [6, 6.07) is 73.2. The first-order valence-corrected chi connectivity index (χ1v) is 19.0. The van der Waals surface area contributed by atoms with Crippen molar-refractivity contribution >= 4 is 43.6 Å². The van der Waals surface area contributed by atoms with E-state index < -0.39 is 0 Å². The Hall–Kier alpha value is -7.56. The number of hydrogen-bond acceptors (Lipinski definition) is 2. The molecule has 3 aromatic heterocycles. The van der Waals surface area contributed by atoms with Gasteiger partial charge in [-0.15, -0.1) is 0 Å². The molecule has 56 heavy (non-hydrogen) atoms. The molecule has 262 valence electrons. The monoisotopic (exact) mass is 714 g/mol. The summed E-state index contributed by atoms with van der Waals surface area (Å²) in [5.74, 6) is 0.634. The number of benzene rings is 8. The smallest absolute Gasteiger partial charge is 0.235 e. The van der Waals surface area contributed by atoms with Crippen molar-refractivity contribution in [2.45, 2.75) is 0 Å². The van der Waals surface area contributed by atoms with Crippen LogP contribution in [0.4, 0.5) is 0 Å². The molecule has 0 saturated heterocycles. The van der Waals surface area contributed by atoms with Gasteiger partial charge in [0.1, 0.15) is 0 Å². The second kappa shape index (κ2) is 13.1. The number of nitrogens with zero attached hydrogens (tertiary/aromatic N) is 4. The van der Waals surface area contributed by atoms with Crippen LogP contribution >= 0.6 is 0 Å². The van der Waals surface area contributed by atoms with Crippen molar-refractivity contribution in [3.63, 3.8) is 0 Å². The minimum absolute atomic E-state index is 0.634. The van der Waals surface area contributed by atoms with E-state index in [1.165, 1.54) is 32.9 Å². The van der Waals surface area contributed by atoms with E-state index in [0.29, 0.717) is 5.95 Å². The molecule has 0 unspecified atom stereocenters. The quantitative estimate of drug-likeness (QED) is 0.172. The zero-order valence-corrected chi connectivity index (χ0v) is 30.4. The Morgan fingerprint density at radius 1 is 0.268 bits per heavy atom. The number of aromatic nitrogens is 4. The Morgan fingerprint density at radius 3 is 1.36 bits per heavy atom. The van der Waals surface area contributed by atoms with Gasteiger partial charge in [-0.05, 0) is 70.8 Å². The van der Waals surface area contributed by atoms with Crippen LogP contribution in [0.1, 0.15) is 0 Å². The van der Waals surface area contributed by atoms with E-state index in [9.17, 15) is 0 Å².